The van der Waals surface area contributed by atoms with Crippen molar-refractivity contribution < 1.29 is 4.79 Å². The first kappa shape index (κ1) is 13.2. The van der Waals surface area contributed by atoms with E-state index < -0.39 is 0 Å². The number of hydrogen-bond donors (Lipinski definition) is 1. The second-order valence-corrected chi connectivity index (χ2v) is 6.30. The molecule has 2 aromatic rings. The zero-order valence-electron chi connectivity index (χ0n) is 12.7. The Morgan fingerprint density at radius 2 is 2.05 bits per heavy atom. The van der Waals surface area contributed by atoms with E-state index >= 15 is 0 Å². The number of fused-ring (bicyclic) bond motifs is 3. The summed E-state index contributed by atoms with van der Waals surface area (Å²) in [4.78, 5) is 12.2. The minimum absolute atomic E-state index is 0.0677. The van der Waals surface area contributed by atoms with E-state index in [4.69, 9.17) is 0 Å². The summed E-state index contributed by atoms with van der Waals surface area (Å²) in [5.74, 6) is 0.682. The van der Waals surface area contributed by atoms with Gasteiger partial charge < -0.3 is 9.88 Å². The molecule has 20 heavy (non-hydrogen) atoms. The summed E-state index contributed by atoms with van der Waals surface area (Å²) in [6, 6.07) is 4.49. The molecular formula is C17H22N2O. The van der Waals surface area contributed by atoms with Gasteiger partial charge in [-0.2, -0.15) is 0 Å². The lowest BCUT2D eigenvalue weighted by Gasteiger charge is -2.19. The topological polar surface area (TPSA) is 34.0 Å². The quantitative estimate of drug-likeness (QED) is 0.893. The fourth-order valence-corrected chi connectivity index (χ4v) is 3.38. The van der Waals surface area contributed by atoms with Crippen molar-refractivity contribution in [1.29, 1.82) is 0 Å². The maximum absolute atomic E-state index is 12.2. The highest BCUT2D eigenvalue weighted by molar-refractivity contribution is 6.03. The summed E-state index contributed by atoms with van der Waals surface area (Å²) >= 11 is 0. The molecule has 106 valence electrons. The molecule has 1 aromatic heterocycles. The predicted molar refractivity (Wildman–Crippen MR) is 82.3 cm³/mol. The van der Waals surface area contributed by atoms with Crippen LogP contribution >= 0.6 is 0 Å². The average Bonchev–Trinajstić information content (AvgIpc) is 2.63. The Hall–Kier alpha value is -1.77. The minimum atomic E-state index is 0.0677. The largest absolute Gasteiger partial charge is 0.349 e. The van der Waals surface area contributed by atoms with E-state index in [1.54, 1.807) is 0 Å². The van der Waals surface area contributed by atoms with Crippen LogP contribution in [0.25, 0.3) is 10.9 Å². The van der Waals surface area contributed by atoms with Crippen LogP contribution in [0.1, 0.15) is 41.0 Å². The molecule has 1 aromatic carbocycles. The number of hydrogen-bond acceptors (Lipinski definition) is 1. The summed E-state index contributed by atoms with van der Waals surface area (Å²) in [5.41, 5.74) is 5.89. The van der Waals surface area contributed by atoms with Gasteiger partial charge in [-0.3, -0.25) is 4.79 Å². The van der Waals surface area contributed by atoms with Crippen LogP contribution in [0.3, 0.4) is 0 Å². The van der Waals surface area contributed by atoms with Crippen molar-refractivity contribution in [2.45, 2.75) is 40.7 Å². The molecule has 0 radical (unpaired) electrons. The highest BCUT2D eigenvalue weighted by Gasteiger charge is 2.25. The summed E-state index contributed by atoms with van der Waals surface area (Å²) in [5, 5.41) is 4.20. The van der Waals surface area contributed by atoms with E-state index in [0.29, 0.717) is 5.92 Å². The Morgan fingerprint density at radius 1 is 1.30 bits per heavy atom. The Balaban J connectivity index is 2.35. The third kappa shape index (κ3) is 1.92. The van der Waals surface area contributed by atoms with E-state index in [2.05, 4.69) is 49.7 Å². The van der Waals surface area contributed by atoms with E-state index in [1.165, 1.54) is 22.0 Å². The maximum atomic E-state index is 12.2. The third-order valence-corrected chi connectivity index (χ3v) is 4.10. The van der Waals surface area contributed by atoms with Crippen molar-refractivity contribution in [2.24, 2.45) is 5.92 Å². The number of amides is 1. The van der Waals surface area contributed by atoms with Gasteiger partial charge in [-0.05, 0) is 43.4 Å². The highest BCUT2D eigenvalue weighted by Crippen LogP contribution is 2.32. The van der Waals surface area contributed by atoms with Crippen LogP contribution in [-0.2, 0) is 13.0 Å². The van der Waals surface area contributed by atoms with Crippen LogP contribution in [0.4, 0.5) is 0 Å². The average molecular weight is 270 g/mol. The zero-order chi connectivity index (χ0) is 14.4. The molecule has 0 bridgehead atoms. The summed E-state index contributed by atoms with van der Waals surface area (Å²) in [6.07, 6.45) is 1.06. The molecule has 0 saturated heterocycles. The van der Waals surface area contributed by atoms with Crippen LogP contribution in [0, 0.1) is 19.8 Å². The van der Waals surface area contributed by atoms with E-state index in [0.717, 1.165) is 30.8 Å². The van der Waals surface area contributed by atoms with Crippen molar-refractivity contribution >= 4 is 16.8 Å². The third-order valence-electron chi connectivity index (χ3n) is 4.10. The molecular weight excluding hydrogens is 248 g/mol. The number of aryl methyl sites for hydroxylation is 2. The van der Waals surface area contributed by atoms with Crippen LogP contribution in [0.15, 0.2) is 12.1 Å². The Kier molecular flexibility index (Phi) is 3.08. The lowest BCUT2D eigenvalue weighted by molar-refractivity contribution is 0.0928. The second-order valence-electron chi connectivity index (χ2n) is 6.30. The van der Waals surface area contributed by atoms with Gasteiger partial charge in [-0.15, -0.1) is 0 Å². The number of nitrogens with zero attached hydrogens (tertiary/aromatic N) is 1. The van der Waals surface area contributed by atoms with Gasteiger partial charge >= 0.3 is 0 Å². The Bertz CT molecular complexity index is 695. The van der Waals surface area contributed by atoms with Crippen molar-refractivity contribution in [2.75, 3.05) is 6.54 Å². The molecule has 0 spiro atoms. The molecule has 1 aliphatic rings. The van der Waals surface area contributed by atoms with Crippen molar-refractivity contribution in [1.82, 2.24) is 9.88 Å². The van der Waals surface area contributed by atoms with Gasteiger partial charge in [0.05, 0.1) is 5.52 Å². The summed E-state index contributed by atoms with van der Waals surface area (Å²) in [7, 11) is 0. The first-order chi connectivity index (χ1) is 9.49. The van der Waals surface area contributed by atoms with Crippen molar-refractivity contribution in [3.63, 3.8) is 0 Å². The molecule has 0 saturated carbocycles. The van der Waals surface area contributed by atoms with Gasteiger partial charge in [0.1, 0.15) is 5.69 Å². The van der Waals surface area contributed by atoms with Gasteiger partial charge in [0.15, 0.2) is 0 Å². The smallest absolute Gasteiger partial charge is 0.268 e. The fraction of sp³-hybridized carbons (Fsp3) is 0.471. The predicted octanol–water partition coefficient (Wildman–Crippen LogP) is 3.20. The SMILES string of the molecule is Cc1cc(CC(C)C)c2c(c1)c(C)c1n2CCNC1=O. The maximum Gasteiger partial charge on any atom is 0.268 e. The first-order valence-electron chi connectivity index (χ1n) is 7.39. The second kappa shape index (κ2) is 4.65. The molecule has 0 unspecified atom stereocenters. The number of carbonyl (C=O) groups excluding carboxylic acids is 1. The van der Waals surface area contributed by atoms with Crippen molar-refractivity contribution in [3.8, 4) is 0 Å². The monoisotopic (exact) mass is 270 g/mol. The standard InChI is InChI=1S/C17H22N2O/c1-10(2)7-13-8-11(3)9-14-12(4)15-17(20)18-5-6-19(15)16(13)14/h8-10H,5-7H2,1-4H3,(H,18,20). The van der Waals surface area contributed by atoms with Crippen LogP contribution in [0.5, 0.6) is 0 Å². The number of carbonyl (C=O) groups is 1. The molecule has 3 heteroatoms. The number of nitrogens with one attached hydrogen (secondary N) is 1. The van der Waals surface area contributed by atoms with Crippen molar-refractivity contribution in [3.05, 3.63) is 34.5 Å². The van der Waals surface area contributed by atoms with Gasteiger partial charge in [0.25, 0.3) is 5.91 Å². The molecule has 0 atom stereocenters. The lowest BCUT2D eigenvalue weighted by atomic mass is 9.97. The van der Waals surface area contributed by atoms with Gasteiger partial charge in [0.2, 0.25) is 0 Å². The lowest BCUT2D eigenvalue weighted by Crippen LogP contribution is -2.35. The normalized spacial score (nSPS) is 14.8. The Labute approximate surface area is 120 Å². The number of aromatic nitrogens is 1. The van der Waals surface area contributed by atoms with E-state index in [9.17, 15) is 4.79 Å². The first-order valence-corrected chi connectivity index (χ1v) is 7.39. The molecule has 1 amide bonds. The Morgan fingerprint density at radius 3 is 2.75 bits per heavy atom. The molecule has 1 N–H and O–H groups in total. The molecule has 1 aliphatic heterocycles. The van der Waals surface area contributed by atoms with Crippen LogP contribution < -0.4 is 5.32 Å². The molecule has 2 heterocycles. The van der Waals surface area contributed by atoms with Crippen LogP contribution in [-0.4, -0.2) is 17.0 Å². The van der Waals surface area contributed by atoms with Gasteiger partial charge in [0, 0.05) is 18.5 Å². The zero-order valence-corrected chi connectivity index (χ0v) is 12.7. The number of rotatable bonds is 2. The fourth-order valence-electron chi connectivity index (χ4n) is 3.38. The molecule has 3 nitrogen and oxygen atoms in total. The minimum Gasteiger partial charge on any atom is -0.349 e. The summed E-state index contributed by atoms with van der Waals surface area (Å²) in [6.45, 7) is 10.3. The number of benzene rings is 1. The highest BCUT2D eigenvalue weighted by atomic mass is 16.2. The van der Waals surface area contributed by atoms with E-state index in [-0.39, 0.29) is 5.91 Å². The molecule has 0 fully saturated rings. The van der Waals surface area contributed by atoms with Crippen LogP contribution in [0.2, 0.25) is 0 Å². The van der Waals surface area contributed by atoms with Gasteiger partial charge in [-0.1, -0.05) is 25.5 Å². The van der Waals surface area contributed by atoms with E-state index in [1.807, 2.05) is 0 Å². The van der Waals surface area contributed by atoms with Gasteiger partial charge in [-0.25, -0.2) is 0 Å². The molecule has 0 aliphatic carbocycles. The molecule has 3 rings (SSSR count). The summed E-state index contributed by atoms with van der Waals surface area (Å²) < 4.78 is 2.22.